The fraction of sp³-hybridized carbons (Fsp3) is 0.600. The summed E-state index contributed by atoms with van der Waals surface area (Å²) in [5.41, 5.74) is 2.37. The van der Waals surface area contributed by atoms with E-state index < -0.39 is 12.6 Å². The van der Waals surface area contributed by atoms with Crippen LogP contribution < -0.4 is 0 Å². The van der Waals surface area contributed by atoms with Crippen molar-refractivity contribution < 1.29 is 19.2 Å². The van der Waals surface area contributed by atoms with E-state index in [2.05, 4.69) is 39.0 Å². The molecule has 0 aromatic heterocycles. The number of rotatable bonds is 2. The Morgan fingerprint density at radius 2 is 1.95 bits per heavy atom. The molecule has 0 amide bonds. The normalized spacial score (nSPS) is 30.6. The zero-order chi connectivity index (χ0) is 13.5. The van der Waals surface area contributed by atoms with Crippen LogP contribution in [0.3, 0.4) is 0 Å². The Labute approximate surface area is 113 Å². The summed E-state index contributed by atoms with van der Waals surface area (Å²) in [5, 5.41) is 0. The Morgan fingerprint density at radius 3 is 2.68 bits per heavy atom. The molecular weight excluding hydrogens is 244 g/mol. The lowest BCUT2D eigenvalue weighted by molar-refractivity contribution is -0.382. The molecule has 0 N–H and O–H groups in total. The number of fused-ring (bicyclic) bond motifs is 4. The minimum atomic E-state index is -0.419. The van der Waals surface area contributed by atoms with Crippen molar-refractivity contribution in [1.29, 1.82) is 0 Å². The number of hydrogen-bond donors (Lipinski definition) is 0. The van der Waals surface area contributed by atoms with Gasteiger partial charge in [0.25, 0.3) is 0 Å². The van der Waals surface area contributed by atoms with Crippen LogP contribution in [0.5, 0.6) is 0 Å². The van der Waals surface area contributed by atoms with Crippen molar-refractivity contribution in [3.8, 4) is 0 Å². The van der Waals surface area contributed by atoms with Crippen molar-refractivity contribution in [2.24, 2.45) is 5.41 Å². The number of ether oxygens (including phenoxy) is 2. The maximum Gasteiger partial charge on any atom is 0.201 e. The fourth-order valence-corrected chi connectivity index (χ4v) is 2.83. The molecule has 2 aliphatic rings. The summed E-state index contributed by atoms with van der Waals surface area (Å²) in [6, 6.07) is 8.25. The van der Waals surface area contributed by atoms with Crippen LogP contribution in [0.2, 0.25) is 0 Å². The van der Waals surface area contributed by atoms with E-state index in [1.807, 2.05) is 6.07 Å². The molecular formula is C15H20O4. The van der Waals surface area contributed by atoms with Crippen LogP contribution in [0.25, 0.3) is 0 Å². The molecule has 1 aromatic carbocycles. The molecule has 0 spiro atoms. The van der Waals surface area contributed by atoms with Crippen LogP contribution in [-0.4, -0.2) is 13.1 Å². The van der Waals surface area contributed by atoms with Crippen molar-refractivity contribution in [3.63, 3.8) is 0 Å². The highest BCUT2D eigenvalue weighted by Gasteiger charge is 2.45. The first kappa shape index (κ1) is 13.1. The quantitative estimate of drug-likeness (QED) is 0.766. The lowest BCUT2D eigenvalue weighted by atomic mass is 9.70. The van der Waals surface area contributed by atoms with Crippen LogP contribution in [0.1, 0.15) is 50.5 Å². The third-order valence-corrected chi connectivity index (χ3v) is 4.30. The Balaban J connectivity index is 2.09. The van der Waals surface area contributed by atoms with E-state index in [-0.39, 0.29) is 18.1 Å². The summed E-state index contributed by atoms with van der Waals surface area (Å²) in [7, 11) is 0. The molecule has 2 bridgehead atoms. The molecule has 3 rings (SSSR count). The van der Waals surface area contributed by atoms with E-state index in [4.69, 9.17) is 19.2 Å². The molecule has 1 saturated heterocycles. The smallest absolute Gasteiger partial charge is 0.201 e. The molecule has 4 nitrogen and oxygen atoms in total. The highest BCUT2D eigenvalue weighted by Crippen LogP contribution is 2.49. The van der Waals surface area contributed by atoms with Gasteiger partial charge in [0.05, 0.1) is 0 Å². The summed E-state index contributed by atoms with van der Waals surface area (Å²) >= 11 is 0. The number of hydrogen-bond acceptors (Lipinski definition) is 4. The Hall–Kier alpha value is -0.940. The lowest BCUT2D eigenvalue weighted by Crippen LogP contribution is -2.39. The van der Waals surface area contributed by atoms with Gasteiger partial charge in [0.2, 0.25) is 6.29 Å². The molecule has 0 saturated carbocycles. The van der Waals surface area contributed by atoms with Crippen molar-refractivity contribution in [1.82, 2.24) is 0 Å². The molecule has 104 valence electrons. The van der Waals surface area contributed by atoms with Crippen molar-refractivity contribution >= 4 is 0 Å². The second-order valence-corrected chi connectivity index (χ2v) is 5.78. The predicted molar refractivity (Wildman–Crippen MR) is 69.0 cm³/mol. The van der Waals surface area contributed by atoms with Gasteiger partial charge >= 0.3 is 0 Å². The molecule has 2 aliphatic heterocycles. The second kappa shape index (κ2) is 4.87. The summed E-state index contributed by atoms with van der Waals surface area (Å²) in [6.45, 7) is 6.73. The summed E-state index contributed by atoms with van der Waals surface area (Å²) in [6.07, 6.45) is 0.214. The van der Waals surface area contributed by atoms with Gasteiger partial charge in [-0.05, 0) is 11.0 Å². The molecule has 0 unspecified atom stereocenters. The van der Waals surface area contributed by atoms with Crippen LogP contribution in [0.15, 0.2) is 24.3 Å². The monoisotopic (exact) mass is 264 g/mol. The third kappa shape index (κ3) is 2.19. The van der Waals surface area contributed by atoms with E-state index in [1.54, 1.807) is 0 Å². The molecule has 3 atom stereocenters. The van der Waals surface area contributed by atoms with E-state index in [0.29, 0.717) is 0 Å². The van der Waals surface area contributed by atoms with E-state index in [0.717, 1.165) is 12.0 Å². The van der Waals surface area contributed by atoms with Crippen molar-refractivity contribution in [3.05, 3.63) is 35.4 Å². The molecule has 19 heavy (non-hydrogen) atoms. The fourth-order valence-electron chi connectivity index (χ4n) is 2.83. The Morgan fingerprint density at radius 1 is 1.21 bits per heavy atom. The average molecular weight is 264 g/mol. The van der Waals surface area contributed by atoms with Gasteiger partial charge in [-0.25, -0.2) is 9.78 Å². The first-order chi connectivity index (χ1) is 9.13. The molecule has 1 fully saturated rings. The van der Waals surface area contributed by atoms with Gasteiger partial charge in [0, 0.05) is 11.5 Å². The van der Waals surface area contributed by atoms with Gasteiger partial charge in [0.15, 0.2) is 13.1 Å². The SMILES string of the molecule is CCC(C)(C)[C@H]1c2ccccc2[C@@H]2OCOO[C@H]1O2. The third-order valence-electron chi connectivity index (χ3n) is 4.30. The average Bonchev–Trinajstić information content (AvgIpc) is 2.62. The van der Waals surface area contributed by atoms with Gasteiger partial charge in [0.1, 0.15) is 0 Å². The highest BCUT2D eigenvalue weighted by molar-refractivity contribution is 5.35. The zero-order valence-corrected chi connectivity index (χ0v) is 11.6. The van der Waals surface area contributed by atoms with E-state index >= 15 is 0 Å². The van der Waals surface area contributed by atoms with E-state index in [1.165, 1.54) is 5.56 Å². The van der Waals surface area contributed by atoms with Crippen LogP contribution in [-0.2, 0) is 19.2 Å². The minimum absolute atomic E-state index is 0.0550. The maximum atomic E-state index is 5.91. The van der Waals surface area contributed by atoms with Gasteiger partial charge < -0.3 is 9.47 Å². The first-order valence-corrected chi connectivity index (χ1v) is 6.77. The standard InChI is InChI=1S/C15H20O4/c1-4-15(2,3)12-10-7-5-6-8-11(10)13-16-9-17-19-14(12)18-13/h5-8,12-14H,4,9H2,1-3H3/t12-,13+,14+/m0/s1. The van der Waals surface area contributed by atoms with Gasteiger partial charge in [-0.2, -0.15) is 0 Å². The maximum absolute atomic E-state index is 5.91. The van der Waals surface area contributed by atoms with Gasteiger partial charge in [-0.3, -0.25) is 0 Å². The molecule has 0 aliphatic carbocycles. The number of benzene rings is 1. The Bertz CT molecular complexity index is 457. The zero-order valence-electron chi connectivity index (χ0n) is 11.6. The minimum Gasteiger partial charge on any atom is -0.319 e. The lowest BCUT2D eigenvalue weighted by Gasteiger charge is -2.42. The highest BCUT2D eigenvalue weighted by atomic mass is 17.3. The predicted octanol–water partition coefficient (Wildman–Crippen LogP) is 3.50. The van der Waals surface area contributed by atoms with Crippen LogP contribution in [0.4, 0.5) is 0 Å². The molecule has 0 radical (unpaired) electrons. The van der Waals surface area contributed by atoms with Crippen molar-refractivity contribution in [2.75, 3.05) is 6.79 Å². The summed E-state index contributed by atoms with van der Waals surface area (Å²) < 4.78 is 11.4. The Kier molecular flexibility index (Phi) is 3.35. The first-order valence-electron chi connectivity index (χ1n) is 6.77. The van der Waals surface area contributed by atoms with E-state index in [9.17, 15) is 0 Å². The molecule has 2 heterocycles. The topological polar surface area (TPSA) is 36.9 Å². The summed E-state index contributed by atoms with van der Waals surface area (Å²) in [5.74, 6) is 0.131. The van der Waals surface area contributed by atoms with Gasteiger partial charge in [-0.15, -0.1) is 0 Å². The van der Waals surface area contributed by atoms with Crippen molar-refractivity contribution in [2.45, 2.75) is 45.7 Å². The molecule has 1 aromatic rings. The van der Waals surface area contributed by atoms with Crippen LogP contribution in [0, 0.1) is 5.41 Å². The van der Waals surface area contributed by atoms with Crippen LogP contribution >= 0.6 is 0 Å². The van der Waals surface area contributed by atoms with Gasteiger partial charge in [-0.1, -0.05) is 51.5 Å². The molecule has 4 heteroatoms. The largest absolute Gasteiger partial charge is 0.319 e. The summed E-state index contributed by atoms with van der Waals surface area (Å²) in [4.78, 5) is 10.4. The second-order valence-electron chi connectivity index (χ2n) is 5.78.